The molecule has 0 aromatic heterocycles. The molecular weight excluding hydrogens is 324 g/mol. The van der Waals surface area contributed by atoms with Crippen LogP contribution in [-0.2, 0) is 21.2 Å². The Bertz CT molecular complexity index is 571. The number of carbonyl (C=O) groups is 1. The molecule has 1 atom stereocenters. The van der Waals surface area contributed by atoms with Crippen LogP contribution in [0, 0.1) is 5.92 Å². The number of benzene rings is 1. The highest BCUT2D eigenvalue weighted by molar-refractivity contribution is 7.90. The number of halogens is 1. The molecule has 1 aromatic rings. The topological polar surface area (TPSA) is 89.3 Å². The lowest BCUT2D eigenvalue weighted by Gasteiger charge is -2.13. The second-order valence-electron chi connectivity index (χ2n) is 5.64. The van der Waals surface area contributed by atoms with Crippen molar-refractivity contribution in [3.05, 3.63) is 35.4 Å². The van der Waals surface area contributed by atoms with E-state index in [1.54, 1.807) is 6.92 Å². The van der Waals surface area contributed by atoms with E-state index in [1.165, 1.54) is 5.56 Å². The first-order valence-electron chi connectivity index (χ1n) is 7.08. The van der Waals surface area contributed by atoms with Crippen LogP contribution >= 0.6 is 12.4 Å². The summed E-state index contributed by atoms with van der Waals surface area (Å²) in [5, 5.41) is 0. The van der Waals surface area contributed by atoms with Crippen LogP contribution in [0.15, 0.2) is 24.3 Å². The van der Waals surface area contributed by atoms with Crippen molar-refractivity contribution >= 4 is 28.3 Å². The minimum atomic E-state index is -3.63. The summed E-state index contributed by atoms with van der Waals surface area (Å²) in [4.78, 5) is 12.0. The first-order chi connectivity index (χ1) is 9.75. The Kier molecular flexibility index (Phi) is 8.66. The van der Waals surface area contributed by atoms with E-state index >= 15 is 0 Å². The molecule has 1 aromatic carbocycles. The molecule has 0 spiro atoms. The van der Waals surface area contributed by atoms with Gasteiger partial charge in [-0.3, -0.25) is 9.52 Å². The highest BCUT2D eigenvalue weighted by Crippen LogP contribution is 2.18. The van der Waals surface area contributed by atoms with Gasteiger partial charge in [-0.15, -0.1) is 12.4 Å². The van der Waals surface area contributed by atoms with Crippen molar-refractivity contribution in [2.75, 3.05) is 12.3 Å². The number of nitrogens with one attached hydrogen (secondary N) is 1. The van der Waals surface area contributed by atoms with E-state index in [4.69, 9.17) is 5.73 Å². The molecule has 0 heterocycles. The maximum absolute atomic E-state index is 12.0. The monoisotopic (exact) mass is 348 g/mol. The van der Waals surface area contributed by atoms with E-state index in [2.05, 4.69) is 18.6 Å². The van der Waals surface area contributed by atoms with E-state index in [-0.39, 0.29) is 24.7 Å². The highest BCUT2D eigenvalue weighted by atomic mass is 35.5. The Balaban J connectivity index is 0.00000441. The molecule has 0 saturated carbocycles. The van der Waals surface area contributed by atoms with Crippen molar-refractivity contribution in [1.29, 1.82) is 0 Å². The van der Waals surface area contributed by atoms with Crippen LogP contribution in [0.3, 0.4) is 0 Å². The lowest BCUT2D eigenvalue weighted by atomic mass is 9.96. The van der Waals surface area contributed by atoms with E-state index in [0.29, 0.717) is 5.92 Å². The van der Waals surface area contributed by atoms with Crippen LogP contribution in [0.4, 0.5) is 0 Å². The third-order valence-corrected chi connectivity index (χ3v) is 4.44. The number of nitrogens with two attached hydrogens (primary N) is 1. The molecule has 0 fully saturated rings. The molecule has 0 aliphatic rings. The van der Waals surface area contributed by atoms with Crippen LogP contribution in [0.1, 0.15) is 37.8 Å². The standard InChI is InChI=1S/C15H24N2O3S.ClH/c1-11(2)10-13-4-6-14(7-5-13)12(3)15(18)17-21(19,20)9-8-16;/h4-7,11-12H,8-10,16H2,1-3H3,(H,17,18);1H/t12-;/m1./s1. The number of hydrogen-bond donors (Lipinski definition) is 2. The zero-order valence-electron chi connectivity index (χ0n) is 13.2. The van der Waals surface area contributed by atoms with Crippen LogP contribution in [0.2, 0.25) is 0 Å². The molecule has 1 amide bonds. The minimum Gasteiger partial charge on any atom is -0.329 e. The normalized spacial score (nSPS) is 12.6. The molecule has 0 unspecified atom stereocenters. The molecule has 0 aliphatic carbocycles. The van der Waals surface area contributed by atoms with Gasteiger partial charge in [0.05, 0.1) is 11.7 Å². The molecule has 3 N–H and O–H groups in total. The van der Waals surface area contributed by atoms with Gasteiger partial charge in [-0.1, -0.05) is 38.1 Å². The van der Waals surface area contributed by atoms with Crippen LogP contribution in [0.5, 0.6) is 0 Å². The van der Waals surface area contributed by atoms with E-state index in [0.717, 1.165) is 12.0 Å². The predicted octanol–water partition coefficient (Wildman–Crippen LogP) is 1.82. The minimum absolute atomic E-state index is 0. The summed E-state index contributed by atoms with van der Waals surface area (Å²) in [6, 6.07) is 7.70. The Morgan fingerprint density at radius 1 is 1.18 bits per heavy atom. The van der Waals surface area contributed by atoms with Crippen LogP contribution in [0.25, 0.3) is 0 Å². The average Bonchev–Trinajstić information content (AvgIpc) is 2.37. The quantitative estimate of drug-likeness (QED) is 0.786. The zero-order valence-corrected chi connectivity index (χ0v) is 14.8. The zero-order chi connectivity index (χ0) is 16.0. The molecule has 0 bridgehead atoms. The maximum Gasteiger partial charge on any atom is 0.240 e. The number of sulfonamides is 1. The molecular formula is C15H25ClN2O3S. The van der Waals surface area contributed by atoms with Gasteiger partial charge in [0.15, 0.2) is 0 Å². The van der Waals surface area contributed by atoms with Gasteiger partial charge in [0.1, 0.15) is 0 Å². The van der Waals surface area contributed by atoms with Gasteiger partial charge < -0.3 is 5.73 Å². The van der Waals surface area contributed by atoms with E-state index < -0.39 is 21.8 Å². The average molecular weight is 349 g/mol. The molecule has 0 saturated heterocycles. The van der Waals surface area contributed by atoms with Crippen molar-refractivity contribution < 1.29 is 13.2 Å². The Morgan fingerprint density at radius 3 is 2.18 bits per heavy atom. The summed E-state index contributed by atoms with van der Waals surface area (Å²) in [6.07, 6.45) is 0.978. The number of hydrogen-bond acceptors (Lipinski definition) is 4. The van der Waals surface area contributed by atoms with Crippen molar-refractivity contribution in [3.8, 4) is 0 Å². The van der Waals surface area contributed by atoms with Crippen molar-refractivity contribution in [3.63, 3.8) is 0 Å². The Hall–Kier alpha value is -1.11. The fourth-order valence-corrected chi connectivity index (χ4v) is 2.91. The molecule has 7 heteroatoms. The predicted molar refractivity (Wildman–Crippen MR) is 91.6 cm³/mol. The summed E-state index contributed by atoms with van der Waals surface area (Å²) >= 11 is 0. The van der Waals surface area contributed by atoms with Gasteiger partial charge >= 0.3 is 0 Å². The lowest BCUT2D eigenvalue weighted by Crippen LogP contribution is -2.37. The summed E-state index contributed by atoms with van der Waals surface area (Å²) in [5.41, 5.74) is 7.20. The second kappa shape index (κ2) is 9.12. The van der Waals surface area contributed by atoms with Crippen molar-refractivity contribution in [2.45, 2.75) is 33.1 Å². The molecule has 1 rings (SSSR count). The van der Waals surface area contributed by atoms with Gasteiger partial charge in [0.2, 0.25) is 15.9 Å². The first kappa shape index (κ1) is 20.9. The molecule has 126 valence electrons. The third-order valence-electron chi connectivity index (χ3n) is 3.16. The van der Waals surface area contributed by atoms with Crippen LogP contribution in [-0.4, -0.2) is 26.6 Å². The number of carbonyl (C=O) groups excluding carboxylic acids is 1. The molecule has 22 heavy (non-hydrogen) atoms. The summed E-state index contributed by atoms with van der Waals surface area (Å²) in [6.45, 7) is 5.96. The van der Waals surface area contributed by atoms with Gasteiger partial charge in [-0.25, -0.2) is 8.42 Å². The fraction of sp³-hybridized carbons (Fsp3) is 0.533. The number of rotatable bonds is 7. The first-order valence-corrected chi connectivity index (χ1v) is 8.73. The lowest BCUT2D eigenvalue weighted by molar-refractivity contribution is -0.120. The highest BCUT2D eigenvalue weighted by Gasteiger charge is 2.20. The molecule has 0 radical (unpaired) electrons. The second-order valence-corrected chi connectivity index (χ2v) is 7.48. The third kappa shape index (κ3) is 6.77. The largest absolute Gasteiger partial charge is 0.329 e. The summed E-state index contributed by atoms with van der Waals surface area (Å²) in [7, 11) is -3.63. The molecule has 5 nitrogen and oxygen atoms in total. The Morgan fingerprint density at radius 2 is 1.73 bits per heavy atom. The van der Waals surface area contributed by atoms with E-state index in [1.807, 2.05) is 24.3 Å². The fourth-order valence-electron chi connectivity index (χ4n) is 2.01. The maximum atomic E-state index is 12.0. The van der Waals surface area contributed by atoms with Gasteiger partial charge in [-0.05, 0) is 30.4 Å². The van der Waals surface area contributed by atoms with Crippen molar-refractivity contribution in [2.24, 2.45) is 11.7 Å². The van der Waals surface area contributed by atoms with E-state index in [9.17, 15) is 13.2 Å². The Labute approximate surface area is 139 Å². The van der Waals surface area contributed by atoms with Gasteiger partial charge in [0, 0.05) is 6.54 Å². The number of amides is 1. The smallest absolute Gasteiger partial charge is 0.240 e. The van der Waals surface area contributed by atoms with Gasteiger partial charge in [0.25, 0.3) is 0 Å². The van der Waals surface area contributed by atoms with Crippen molar-refractivity contribution in [1.82, 2.24) is 4.72 Å². The van der Waals surface area contributed by atoms with Gasteiger partial charge in [-0.2, -0.15) is 0 Å². The summed E-state index contributed by atoms with van der Waals surface area (Å²) < 4.78 is 25.1. The molecule has 0 aliphatic heterocycles. The summed E-state index contributed by atoms with van der Waals surface area (Å²) in [5.74, 6) is -0.734. The SMILES string of the molecule is CC(C)Cc1ccc([C@@H](C)C(=O)NS(=O)(=O)CCN)cc1.Cl. The van der Waals surface area contributed by atoms with Crippen LogP contribution < -0.4 is 10.5 Å².